The first kappa shape index (κ1) is 18.6. The molecule has 4 nitrogen and oxygen atoms in total. The van der Waals surface area contributed by atoms with Crippen LogP contribution in [0.1, 0.15) is 30.5 Å². The summed E-state index contributed by atoms with van der Waals surface area (Å²) in [5.41, 5.74) is 2.18. The molecule has 0 amide bonds. The molecule has 2 rings (SSSR count). The Bertz CT molecular complexity index is 727. The Morgan fingerprint density at radius 2 is 1.67 bits per heavy atom. The van der Waals surface area contributed by atoms with Gasteiger partial charge in [0.25, 0.3) is 0 Å². The fourth-order valence-electron chi connectivity index (χ4n) is 2.65. The maximum Gasteiger partial charge on any atom is 0.175 e. The van der Waals surface area contributed by atoms with Crippen LogP contribution in [-0.2, 0) is 16.3 Å². The Hall–Kier alpha value is -1.69. The Balaban J connectivity index is 1.89. The highest BCUT2D eigenvalue weighted by Gasteiger charge is 2.13. The summed E-state index contributed by atoms with van der Waals surface area (Å²) in [5, 5.41) is 13.0. The van der Waals surface area contributed by atoms with Crippen LogP contribution in [-0.4, -0.2) is 32.4 Å². The predicted molar refractivity (Wildman–Crippen MR) is 96.7 cm³/mol. The average molecular weight is 347 g/mol. The highest BCUT2D eigenvalue weighted by atomic mass is 32.2. The van der Waals surface area contributed by atoms with Gasteiger partial charge in [-0.1, -0.05) is 42.5 Å². The summed E-state index contributed by atoms with van der Waals surface area (Å²) in [5.74, 6) is 0. The minimum atomic E-state index is -3.14. The maximum atomic E-state index is 11.5. The maximum absolute atomic E-state index is 11.5. The second kappa shape index (κ2) is 8.42. The van der Waals surface area contributed by atoms with Crippen molar-refractivity contribution in [1.29, 1.82) is 0 Å². The molecule has 2 unspecified atom stereocenters. The Labute approximate surface area is 144 Å². The number of sulfone groups is 1. The number of nitrogens with one attached hydrogen (secondary N) is 1. The van der Waals surface area contributed by atoms with Gasteiger partial charge >= 0.3 is 0 Å². The van der Waals surface area contributed by atoms with E-state index in [1.165, 1.54) is 6.26 Å². The Kier molecular flexibility index (Phi) is 6.54. The molecule has 0 aliphatic heterocycles. The van der Waals surface area contributed by atoms with Crippen molar-refractivity contribution >= 4 is 9.84 Å². The van der Waals surface area contributed by atoms with Crippen LogP contribution in [0, 0.1) is 0 Å². The van der Waals surface area contributed by atoms with Crippen LogP contribution < -0.4 is 5.32 Å². The zero-order valence-electron chi connectivity index (χ0n) is 14.1. The van der Waals surface area contributed by atoms with Gasteiger partial charge in [-0.2, -0.15) is 0 Å². The molecule has 0 aromatic heterocycles. The molecule has 2 atom stereocenters. The summed E-state index contributed by atoms with van der Waals surface area (Å²) in [6.07, 6.45) is 2.97. The van der Waals surface area contributed by atoms with Gasteiger partial charge < -0.3 is 10.4 Å². The van der Waals surface area contributed by atoms with Gasteiger partial charge in [0.2, 0.25) is 0 Å². The minimum Gasteiger partial charge on any atom is -0.394 e. The Morgan fingerprint density at radius 3 is 2.21 bits per heavy atom. The molecular formula is C19H25NO3S. The monoisotopic (exact) mass is 347 g/mol. The predicted octanol–water partition coefficient (Wildman–Crippen LogP) is 2.73. The minimum absolute atomic E-state index is 0.0530. The van der Waals surface area contributed by atoms with Crippen LogP contribution in [0.4, 0.5) is 0 Å². The van der Waals surface area contributed by atoms with Crippen molar-refractivity contribution in [3.63, 3.8) is 0 Å². The van der Waals surface area contributed by atoms with E-state index in [0.717, 1.165) is 24.0 Å². The van der Waals surface area contributed by atoms with E-state index in [-0.39, 0.29) is 18.7 Å². The summed E-state index contributed by atoms with van der Waals surface area (Å²) >= 11 is 0. The summed E-state index contributed by atoms with van der Waals surface area (Å²) in [6, 6.07) is 17.1. The third-order valence-electron chi connectivity index (χ3n) is 4.09. The number of aliphatic hydroxyl groups is 1. The lowest BCUT2D eigenvalue weighted by Gasteiger charge is -2.22. The molecule has 0 radical (unpaired) electrons. The van der Waals surface area contributed by atoms with Crippen LogP contribution in [0.25, 0.3) is 0 Å². The zero-order chi connectivity index (χ0) is 17.6. The quantitative estimate of drug-likeness (QED) is 0.770. The van der Waals surface area contributed by atoms with E-state index in [1.807, 2.05) is 42.5 Å². The Morgan fingerprint density at radius 1 is 1.04 bits per heavy atom. The molecule has 5 heteroatoms. The molecule has 130 valence electrons. The van der Waals surface area contributed by atoms with E-state index >= 15 is 0 Å². The molecule has 0 saturated carbocycles. The molecule has 2 N–H and O–H groups in total. The van der Waals surface area contributed by atoms with Gasteiger partial charge in [0, 0.05) is 12.3 Å². The summed E-state index contributed by atoms with van der Waals surface area (Å²) < 4.78 is 22.9. The second-order valence-corrected chi connectivity index (χ2v) is 8.18. The van der Waals surface area contributed by atoms with E-state index < -0.39 is 9.84 Å². The number of rotatable bonds is 8. The van der Waals surface area contributed by atoms with Gasteiger partial charge in [0.1, 0.15) is 0 Å². The van der Waals surface area contributed by atoms with Crippen LogP contribution in [0.2, 0.25) is 0 Å². The summed E-state index contributed by atoms with van der Waals surface area (Å²) in [7, 11) is -3.14. The average Bonchev–Trinajstić information content (AvgIpc) is 2.58. The molecule has 0 fully saturated rings. The van der Waals surface area contributed by atoms with Gasteiger partial charge in [-0.25, -0.2) is 8.42 Å². The van der Waals surface area contributed by atoms with Gasteiger partial charge in [-0.15, -0.1) is 0 Å². The normalized spacial score (nSPS) is 14.3. The van der Waals surface area contributed by atoms with Gasteiger partial charge in [0.15, 0.2) is 9.84 Å². The molecule has 0 aliphatic rings. The fraction of sp³-hybridized carbons (Fsp3) is 0.368. The lowest BCUT2D eigenvalue weighted by molar-refractivity contribution is 0.233. The van der Waals surface area contributed by atoms with E-state index in [4.69, 9.17) is 0 Å². The smallest absolute Gasteiger partial charge is 0.175 e. The van der Waals surface area contributed by atoms with Gasteiger partial charge in [-0.3, -0.25) is 0 Å². The molecule has 0 bridgehead atoms. The van der Waals surface area contributed by atoms with E-state index in [1.54, 1.807) is 12.1 Å². The highest BCUT2D eigenvalue weighted by molar-refractivity contribution is 7.90. The number of hydrogen-bond donors (Lipinski definition) is 2. The molecule has 2 aromatic carbocycles. The summed E-state index contributed by atoms with van der Waals surface area (Å²) in [4.78, 5) is 0.349. The first-order chi connectivity index (χ1) is 11.4. The molecule has 24 heavy (non-hydrogen) atoms. The van der Waals surface area contributed by atoms with Gasteiger partial charge in [0.05, 0.1) is 17.5 Å². The molecule has 2 aromatic rings. The largest absolute Gasteiger partial charge is 0.394 e. The number of hydrogen-bond acceptors (Lipinski definition) is 4. The van der Waals surface area contributed by atoms with Crippen molar-refractivity contribution in [2.45, 2.75) is 36.7 Å². The van der Waals surface area contributed by atoms with Crippen molar-refractivity contribution in [3.05, 3.63) is 65.7 Å². The van der Waals surface area contributed by atoms with E-state index in [0.29, 0.717) is 4.90 Å². The topological polar surface area (TPSA) is 66.4 Å². The van der Waals surface area contributed by atoms with Crippen molar-refractivity contribution in [2.75, 3.05) is 12.9 Å². The van der Waals surface area contributed by atoms with E-state index in [2.05, 4.69) is 12.2 Å². The highest BCUT2D eigenvalue weighted by Crippen LogP contribution is 2.15. The van der Waals surface area contributed by atoms with Crippen molar-refractivity contribution < 1.29 is 13.5 Å². The molecule has 0 spiro atoms. The standard InChI is InChI=1S/C19H25NO3S/c1-15(20-19(14-21)17-6-4-3-5-7-17)8-9-16-10-12-18(13-11-16)24(2,22)23/h3-7,10-13,15,19-21H,8-9,14H2,1-2H3. The zero-order valence-corrected chi connectivity index (χ0v) is 15.0. The van der Waals surface area contributed by atoms with Crippen molar-refractivity contribution in [2.24, 2.45) is 0 Å². The van der Waals surface area contributed by atoms with Gasteiger partial charge in [-0.05, 0) is 43.0 Å². The first-order valence-corrected chi connectivity index (χ1v) is 10.00. The first-order valence-electron chi connectivity index (χ1n) is 8.11. The number of aryl methyl sites for hydroxylation is 1. The molecule has 0 saturated heterocycles. The number of benzene rings is 2. The fourth-order valence-corrected chi connectivity index (χ4v) is 3.28. The lowest BCUT2D eigenvalue weighted by Crippen LogP contribution is -2.33. The molecular weight excluding hydrogens is 322 g/mol. The third kappa shape index (κ3) is 5.44. The van der Waals surface area contributed by atoms with Crippen molar-refractivity contribution in [1.82, 2.24) is 5.32 Å². The lowest BCUT2D eigenvalue weighted by atomic mass is 10.0. The SMILES string of the molecule is CC(CCc1ccc(S(C)(=O)=O)cc1)NC(CO)c1ccccc1. The van der Waals surface area contributed by atoms with Crippen LogP contribution >= 0.6 is 0 Å². The van der Waals surface area contributed by atoms with Crippen molar-refractivity contribution in [3.8, 4) is 0 Å². The summed E-state index contributed by atoms with van der Waals surface area (Å²) in [6.45, 7) is 2.15. The third-order valence-corrected chi connectivity index (χ3v) is 5.22. The number of aliphatic hydroxyl groups excluding tert-OH is 1. The van der Waals surface area contributed by atoms with E-state index in [9.17, 15) is 13.5 Å². The second-order valence-electron chi connectivity index (χ2n) is 6.17. The molecule has 0 aliphatic carbocycles. The molecule has 0 heterocycles. The van der Waals surface area contributed by atoms with Crippen LogP contribution in [0.15, 0.2) is 59.5 Å². The van der Waals surface area contributed by atoms with Crippen LogP contribution in [0.5, 0.6) is 0 Å². The van der Waals surface area contributed by atoms with Crippen LogP contribution in [0.3, 0.4) is 0 Å².